The fourth-order valence-electron chi connectivity index (χ4n) is 1.48. The largest absolute Gasteiger partial charge is 0.480 e. The van der Waals surface area contributed by atoms with Crippen LogP contribution >= 0.6 is 0 Å². The Morgan fingerprint density at radius 1 is 0.692 bits per heavy atom. The van der Waals surface area contributed by atoms with Crippen LogP contribution in [-0.4, -0.2) is 103 Å². The first-order valence-electron chi connectivity index (χ1n) is 8.11. The molecule has 0 bridgehead atoms. The summed E-state index contributed by atoms with van der Waals surface area (Å²) in [6, 6.07) is 0. The lowest BCUT2D eigenvalue weighted by Gasteiger charge is -2.08. The maximum absolute atomic E-state index is 11.4. The van der Waals surface area contributed by atoms with Crippen molar-refractivity contribution in [2.75, 3.05) is 79.7 Å². The topological polar surface area (TPSA) is 142 Å². The smallest absolute Gasteiger partial charge is 0.329 e. The lowest BCUT2D eigenvalue weighted by molar-refractivity contribution is -0.142. The van der Waals surface area contributed by atoms with E-state index in [0.717, 1.165) is 0 Å². The number of rotatable bonds is 18. The molecule has 0 heterocycles. The summed E-state index contributed by atoms with van der Waals surface area (Å²) in [5.74, 6) is -1.71. The molecule has 0 spiro atoms. The van der Waals surface area contributed by atoms with E-state index in [4.69, 9.17) is 28.8 Å². The van der Waals surface area contributed by atoms with Gasteiger partial charge in [0.15, 0.2) is 0 Å². The predicted molar refractivity (Wildman–Crippen MR) is 88.8 cm³/mol. The summed E-state index contributed by atoms with van der Waals surface area (Å²) in [5.41, 5.74) is 0. The van der Waals surface area contributed by atoms with Crippen LogP contribution in [0.2, 0.25) is 0 Å². The molecule has 11 nitrogen and oxygen atoms in total. The second kappa shape index (κ2) is 18.0. The number of hydrogen-bond acceptors (Lipinski definition) is 8. The van der Waals surface area contributed by atoms with Crippen molar-refractivity contribution in [2.45, 2.75) is 0 Å². The first-order valence-corrected chi connectivity index (χ1v) is 8.11. The lowest BCUT2D eigenvalue weighted by Crippen LogP contribution is -2.34. The number of nitrogens with one attached hydrogen (secondary N) is 2. The maximum Gasteiger partial charge on any atom is 0.329 e. The number of carboxylic acids is 1. The molecule has 0 aliphatic heterocycles. The van der Waals surface area contributed by atoms with Gasteiger partial charge >= 0.3 is 5.97 Å². The number of amides is 2. The molecule has 0 aromatic rings. The molecule has 3 N–H and O–H groups in total. The summed E-state index contributed by atoms with van der Waals surface area (Å²) >= 11 is 0. The van der Waals surface area contributed by atoms with Gasteiger partial charge in [0, 0.05) is 20.2 Å². The van der Waals surface area contributed by atoms with Crippen LogP contribution in [0.3, 0.4) is 0 Å². The van der Waals surface area contributed by atoms with Crippen molar-refractivity contribution in [3.8, 4) is 0 Å². The Labute approximate surface area is 152 Å². The Balaban J connectivity index is 3.33. The normalized spacial score (nSPS) is 10.5. The Morgan fingerprint density at radius 2 is 1.15 bits per heavy atom. The van der Waals surface area contributed by atoms with Crippen molar-refractivity contribution >= 4 is 17.8 Å². The fourth-order valence-corrected chi connectivity index (χ4v) is 1.48. The molecule has 0 saturated carbocycles. The Kier molecular flexibility index (Phi) is 16.8. The van der Waals surface area contributed by atoms with Gasteiger partial charge in [0.25, 0.3) is 0 Å². The summed E-state index contributed by atoms with van der Waals surface area (Å²) in [6.07, 6.45) is 0. The number of aliphatic carboxylic acids is 1. The molecule has 0 rings (SSSR count). The summed E-state index contributed by atoms with van der Waals surface area (Å²) in [6.45, 7) is 1.76. The third-order valence-electron chi connectivity index (χ3n) is 2.63. The van der Waals surface area contributed by atoms with Crippen LogP contribution in [0.25, 0.3) is 0 Å². The summed E-state index contributed by atoms with van der Waals surface area (Å²) in [4.78, 5) is 33.0. The number of hydrogen-bond donors (Lipinski definition) is 3. The van der Waals surface area contributed by atoms with E-state index in [1.54, 1.807) is 7.11 Å². The van der Waals surface area contributed by atoms with E-state index in [1.807, 2.05) is 0 Å². The van der Waals surface area contributed by atoms with Gasteiger partial charge in [-0.25, -0.2) is 4.79 Å². The Hall–Kier alpha value is -1.79. The second-order valence-electron chi connectivity index (χ2n) is 4.86. The van der Waals surface area contributed by atoms with Crippen molar-refractivity contribution in [3.63, 3.8) is 0 Å². The van der Waals surface area contributed by atoms with Gasteiger partial charge in [0.2, 0.25) is 11.8 Å². The van der Waals surface area contributed by atoms with Crippen LogP contribution in [0.15, 0.2) is 0 Å². The minimum atomic E-state index is -1.07. The average Bonchev–Trinajstić information content (AvgIpc) is 2.60. The van der Waals surface area contributed by atoms with E-state index in [9.17, 15) is 14.4 Å². The molecule has 0 saturated heterocycles. The molecule has 152 valence electrons. The van der Waals surface area contributed by atoms with Gasteiger partial charge in [0.05, 0.1) is 39.6 Å². The van der Waals surface area contributed by atoms with Crippen LogP contribution in [0.5, 0.6) is 0 Å². The van der Waals surface area contributed by atoms with Gasteiger partial charge in [0.1, 0.15) is 19.8 Å². The Morgan fingerprint density at radius 3 is 1.69 bits per heavy atom. The highest BCUT2D eigenvalue weighted by Gasteiger charge is 2.03. The zero-order valence-corrected chi connectivity index (χ0v) is 15.0. The number of methoxy groups -OCH3 is 1. The summed E-state index contributed by atoms with van der Waals surface area (Å²) in [5, 5.41) is 13.4. The monoisotopic (exact) mass is 380 g/mol. The fraction of sp³-hybridized carbons (Fsp3) is 0.800. The van der Waals surface area contributed by atoms with Crippen LogP contribution < -0.4 is 10.6 Å². The average molecular weight is 380 g/mol. The molecule has 11 heteroatoms. The summed E-state index contributed by atoms with van der Waals surface area (Å²) in [7, 11) is 1.58. The van der Waals surface area contributed by atoms with Crippen LogP contribution in [0, 0.1) is 0 Å². The van der Waals surface area contributed by atoms with Crippen molar-refractivity contribution in [1.29, 1.82) is 0 Å². The molecule has 0 radical (unpaired) electrons. The standard InChI is InChI=1S/C15H28N2O9/c1-22-6-7-23-8-9-26-11-14(19)16-2-4-24-10-13(18)17-3-5-25-12-15(20)21/h2-12H2,1H3,(H,16,19)(H,17,18)(H,20,21). The Bertz CT molecular complexity index is 393. The third kappa shape index (κ3) is 18.5. The zero-order chi connectivity index (χ0) is 19.5. The van der Waals surface area contributed by atoms with E-state index in [-0.39, 0.29) is 51.3 Å². The molecule has 26 heavy (non-hydrogen) atoms. The quantitative estimate of drug-likeness (QED) is 0.231. The van der Waals surface area contributed by atoms with Crippen LogP contribution in [-0.2, 0) is 38.1 Å². The molecular weight excluding hydrogens is 352 g/mol. The van der Waals surface area contributed by atoms with Crippen LogP contribution in [0.4, 0.5) is 0 Å². The van der Waals surface area contributed by atoms with E-state index in [2.05, 4.69) is 10.6 Å². The van der Waals surface area contributed by atoms with Crippen molar-refractivity contribution in [3.05, 3.63) is 0 Å². The summed E-state index contributed by atoms with van der Waals surface area (Å²) < 4.78 is 24.9. The number of carbonyl (C=O) groups is 3. The highest BCUT2D eigenvalue weighted by Crippen LogP contribution is 1.81. The van der Waals surface area contributed by atoms with Gasteiger partial charge in [-0.05, 0) is 0 Å². The second-order valence-corrected chi connectivity index (χ2v) is 4.86. The minimum Gasteiger partial charge on any atom is -0.480 e. The van der Waals surface area contributed by atoms with Crippen molar-refractivity contribution in [1.82, 2.24) is 10.6 Å². The van der Waals surface area contributed by atoms with E-state index in [1.165, 1.54) is 0 Å². The van der Waals surface area contributed by atoms with Crippen LogP contribution in [0.1, 0.15) is 0 Å². The van der Waals surface area contributed by atoms with Crippen molar-refractivity contribution in [2.24, 2.45) is 0 Å². The minimum absolute atomic E-state index is 0.0789. The zero-order valence-electron chi connectivity index (χ0n) is 15.0. The highest BCUT2D eigenvalue weighted by atomic mass is 16.5. The maximum atomic E-state index is 11.4. The van der Waals surface area contributed by atoms with Crippen molar-refractivity contribution < 1.29 is 43.2 Å². The molecule has 0 aromatic carbocycles. The highest BCUT2D eigenvalue weighted by molar-refractivity contribution is 5.77. The van der Waals surface area contributed by atoms with Gasteiger partial charge in [-0.15, -0.1) is 0 Å². The molecule has 0 aromatic heterocycles. The van der Waals surface area contributed by atoms with E-state index in [0.29, 0.717) is 26.4 Å². The predicted octanol–water partition coefficient (Wildman–Crippen LogP) is -1.98. The number of ether oxygens (including phenoxy) is 5. The molecule has 0 aliphatic rings. The first-order chi connectivity index (χ1) is 12.6. The van der Waals surface area contributed by atoms with Gasteiger partial charge in [-0.1, -0.05) is 0 Å². The molecule has 0 aliphatic carbocycles. The first kappa shape index (κ1) is 24.2. The lowest BCUT2D eigenvalue weighted by atomic mass is 10.5. The SMILES string of the molecule is COCCOCCOCC(=O)NCCOCC(=O)NCCOCC(=O)O. The molecule has 0 unspecified atom stereocenters. The van der Waals surface area contributed by atoms with Gasteiger partial charge < -0.3 is 39.4 Å². The van der Waals surface area contributed by atoms with Gasteiger partial charge in [-0.3, -0.25) is 9.59 Å². The third-order valence-corrected chi connectivity index (χ3v) is 2.63. The van der Waals surface area contributed by atoms with Gasteiger partial charge in [-0.2, -0.15) is 0 Å². The number of carboxylic acid groups (broad SMARTS) is 1. The molecule has 2 amide bonds. The molecule has 0 fully saturated rings. The van der Waals surface area contributed by atoms with E-state index < -0.39 is 12.6 Å². The number of carbonyl (C=O) groups excluding carboxylic acids is 2. The van der Waals surface area contributed by atoms with E-state index >= 15 is 0 Å². The molecule has 0 atom stereocenters. The molecular formula is C15H28N2O9.